The molecule has 1 rings (SSSR count). The Kier molecular flexibility index (Phi) is 7.44. The van der Waals surface area contributed by atoms with Crippen LogP contribution in [0.1, 0.15) is 71.6 Å². The van der Waals surface area contributed by atoms with Gasteiger partial charge in [0.25, 0.3) is 0 Å². The monoisotopic (exact) mass is 269 g/mol. The first-order chi connectivity index (χ1) is 9.14. The van der Waals surface area contributed by atoms with Crippen molar-refractivity contribution in [1.82, 2.24) is 4.90 Å². The van der Waals surface area contributed by atoms with Gasteiger partial charge in [0.15, 0.2) is 0 Å². The summed E-state index contributed by atoms with van der Waals surface area (Å²) >= 11 is 0. The summed E-state index contributed by atoms with van der Waals surface area (Å²) in [7, 11) is 0. The van der Waals surface area contributed by atoms with Crippen molar-refractivity contribution < 1.29 is 9.90 Å². The van der Waals surface area contributed by atoms with Gasteiger partial charge in [0, 0.05) is 0 Å². The van der Waals surface area contributed by atoms with Gasteiger partial charge in [-0.15, -0.1) is 0 Å². The second-order valence-electron chi connectivity index (χ2n) is 6.09. The zero-order valence-electron chi connectivity index (χ0n) is 12.8. The number of carboxylic acid groups (broad SMARTS) is 1. The van der Waals surface area contributed by atoms with Gasteiger partial charge in [-0.05, 0) is 45.3 Å². The largest absolute Gasteiger partial charge is 0.481 e. The van der Waals surface area contributed by atoms with E-state index in [4.69, 9.17) is 0 Å². The van der Waals surface area contributed by atoms with Gasteiger partial charge < -0.3 is 10.0 Å². The van der Waals surface area contributed by atoms with E-state index in [9.17, 15) is 9.90 Å². The Balaban J connectivity index is 2.25. The Hall–Kier alpha value is -0.570. The second kappa shape index (κ2) is 8.57. The second-order valence-corrected chi connectivity index (χ2v) is 6.09. The molecule has 1 aliphatic rings. The lowest BCUT2D eigenvalue weighted by Gasteiger charge is -2.38. The molecule has 1 saturated heterocycles. The van der Waals surface area contributed by atoms with Crippen molar-refractivity contribution in [3.05, 3.63) is 0 Å². The predicted molar refractivity (Wildman–Crippen MR) is 79.4 cm³/mol. The molecule has 1 heterocycles. The number of rotatable bonds is 9. The summed E-state index contributed by atoms with van der Waals surface area (Å²) in [6, 6.07) is 0. The lowest BCUT2D eigenvalue weighted by Crippen LogP contribution is -2.44. The minimum Gasteiger partial charge on any atom is -0.481 e. The Bertz CT molecular complexity index is 257. The van der Waals surface area contributed by atoms with Gasteiger partial charge >= 0.3 is 5.97 Å². The van der Waals surface area contributed by atoms with Gasteiger partial charge in [-0.1, -0.05) is 46.0 Å². The third-order valence-electron chi connectivity index (χ3n) is 4.57. The molecule has 19 heavy (non-hydrogen) atoms. The molecule has 0 bridgehead atoms. The van der Waals surface area contributed by atoms with Gasteiger partial charge in [-0.25, -0.2) is 0 Å². The fourth-order valence-corrected chi connectivity index (χ4v) is 3.19. The Morgan fingerprint density at radius 2 is 1.68 bits per heavy atom. The number of carboxylic acids is 1. The number of aliphatic carboxylic acids is 1. The zero-order valence-corrected chi connectivity index (χ0v) is 12.8. The summed E-state index contributed by atoms with van der Waals surface area (Å²) in [5.41, 5.74) is -0.423. The number of unbranched alkanes of at least 4 members (excludes halogenated alkanes) is 4. The van der Waals surface area contributed by atoms with Crippen LogP contribution in [0.3, 0.4) is 0 Å². The van der Waals surface area contributed by atoms with Crippen molar-refractivity contribution in [3.63, 3.8) is 0 Å². The topological polar surface area (TPSA) is 40.5 Å². The summed E-state index contributed by atoms with van der Waals surface area (Å²) in [6.45, 7) is 7.43. The maximum atomic E-state index is 11.5. The lowest BCUT2D eigenvalue weighted by molar-refractivity contribution is -0.152. The third-order valence-corrected chi connectivity index (χ3v) is 4.57. The quantitative estimate of drug-likeness (QED) is 0.645. The summed E-state index contributed by atoms with van der Waals surface area (Å²) in [5, 5.41) is 9.46. The Labute approximate surface area is 118 Å². The molecule has 0 radical (unpaired) electrons. The number of likely N-dealkylation sites (tertiary alicyclic amines) is 1. The summed E-state index contributed by atoms with van der Waals surface area (Å²) < 4.78 is 0. The van der Waals surface area contributed by atoms with E-state index in [1.54, 1.807) is 0 Å². The van der Waals surface area contributed by atoms with Crippen LogP contribution in [0.5, 0.6) is 0 Å². The van der Waals surface area contributed by atoms with E-state index in [-0.39, 0.29) is 0 Å². The SMILES string of the molecule is CCCCCCCN1CCC(CCC)(C(=O)O)CC1. The van der Waals surface area contributed by atoms with Crippen LogP contribution in [-0.2, 0) is 4.79 Å². The highest BCUT2D eigenvalue weighted by Crippen LogP contribution is 2.36. The van der Waals surface area contributed by atoms with Gasteiger partial charge in [-0.3, -0.25) is 4.79 Å². The van der Waals surface area contributed by atoms with Gasteiger partial charge in [0.2, 0.25) is 0 Å². The van der Waals surface area contributed by atoms with Gasteiger partial charge in [0.1, 0.15) is 0 Å². The first kappa shape index (κ1) is 16.5. The molecule has 0 amide bonds. The Morgan fingerprint density at radius 3 is 2.21 bits per heavy atom. The minimum absolute atomic E-state index is 0.423. The molecular weight excluding hydrogens is 238 g/mol. The van der Waals surface area contributed by atoms with Crippen LogP contribution >= 0.6 is 0 Å². The molecule has 0 aromatic heterocycles. The van der Waals surface area contributed by atoms with E-state index in [1.165, 1.54) is 32.1 Å². The van der Waals surface area contributed by atoms with Crippen molar-refractivity contribution in [3.8, 4) is 0 Å². The fourth-order valence-electron chi connectivity index (χ4n) is 3.19. The number of piperidine rings is 1. The summed E-state index contributed by atoms with van der Waals surface area (Å²) in [5.74, 6) is -0.572. The molecule has 1 aliphatic heterocycles. The maximum absolute atomic E-state index is 11.5. The molecule has 0 spiro atoms. The van der Waals surface area contributed by atoms with Crippen LogP contribution in [0, 0.1) is 5.41 Å². The van der Waals surface area contributed by atoms with Gasteiger partial charge in [-0.2, -0.15) is 0 Å². The molecule has 1 N–H and O–H groups in total. The average molecular weight is 269 g/mol. The number of hydrogen-bond acceptors (Lipinski definition) is 2. The van der Waals surface area contributed by atoms with Crippen LogP contribution in [0.25, 0.3) is 0 Å². The van der Waals surface area contributed by atoms with Gasteiger partial charge in [0.05, 0.1) is 5.41 Å². The average Bonchev–Trinajstić information content (AvgIpc) is 2.40. The third kappa shape index (κ3) is 5.13. The number of hydrogen-bond donors (Lipinski definition) is 1. The molecule has 0 aromatic carbocycles. The van der Waals surface area contributed by atoms with E-state index >= 15 is 0 Å². The number of carbonyl (C=O) groups is 1. The highest BCUT2D eigenvalue weighted by molar-refractivity contribution is 5.74. The van der Waals surface area contributed by atoms with Crippen molar-refractivity contribution >= 4 is 5.97 Å². The van der Waals surface area contributed by atoms with Crippen LogP contribution in [-0.4, -0.2) is 35.6 Å². The zero-order chi connectivity index (χ0) is 14.1. The summed E-state index contributed by atoms with van der Waals surface area (Å²) in [6.07, 6.45) is 10.1. The molecule has 3 nitrogen and oxygen atoms in total. The molecule has 0 aliphatic carbocycles. The van der Waals surface area contributed by atoms with Crippen LogP contribution in [0.4, 0.5) is 0 Å². The molecule has 0 saturated carbocycles. The van der Waals surface area contributed by atoms with Crippen molar-refractivity contribution in [2.24, 2.45) is 5.41 Å². The number of nitrogens with zero attached hydrogens (tertiary/aromatic N) is 1. The van der Waals surface area contributed by atoms with E-state index in [0.717, 1.165) is 45.3 Å². The van der Waals surface area contributed by atoms with Crippen LogP contribution < -0.4 is 0 Å². The molecule has 3 heteroatoms. The van der Waals surface area contributed by atoms with Crippen molar-refractivity contribution in [1.29, 1.82) is 0 Å². The van der Waals surface area contributed by atoms with E-state index in [0.29, 0.717) is 0 Å². The molecular formula is C16H31NO2. The first-order valence-corrected chi connectivity index (χ1v) is 8.10. The fraction of sp³-hybridized carbons (Fsp3) is 0.938. The normalized spacial score (nSPS) is 19.5. The minimum atomic E-state index is -0.572. The highest BCUT2D eigenvalue weighted by Gasteiger charge is 2.40. The van der Waals surface area contributed by atoms with Crippen LogP contribution in [0.15, 0.2) is 0 Å². The molecule has 1 fully saturated rings. The maximum Gasteiger partial charge on any atom is 0.309 e. The van der Waals surface area contributed by atoms with Crippen molar-refractivity contribution in [2.75, 3.05) is 19.6 Å². The smallest absolute Gasteiger partial charge is 0.309 e. The van der Waals surface area contributed by atoms with Crippen molar-refractivity contribution in [2.45, 2.75) is 71.6 Å². The summed E-state index contributed by atoms with van der Waals surface area (Å²) in [4.78, 5) is 13.9. The van der Waals surface area contributed by atoms with E-state index < -0.39 is 11.4 Å². The van der Waals surface area contributed by atoms with E-state index in [1.807, 2.05) is 0 Å². The Morgan fingerprint density at radius 1 is 1.05 bits per heavy atom. The molecule has 0 aromatic rings. The molecule has 0 atom stereocenters. The van der Waals surface area contributed by atoms with Crippen LogP contribution in [0.2, 0.25) is 0 Å². The highest BCUT2D eigenvalue weighted by atomic mass is 16.4. The molecule has 0 unspecified atom stereocenters. The van der Waals surface area contributed by atoms with E-state index in [2.05, 4.69) is 18.7 Å². The predicted octanol–water partition coefficient (Wildman–Crippen LogP) is 3.92. The molecule has 112 valence electrons. The lowest BCUT2D eigenvalue weighted by atomic mass is 9.75. The standard InChI is InChI=1S/C16H31NO2/c1-3-5-6-7-8-12-17-13-10-16(9-4-2,11-14-17)15(18)19/h3-14H2,1-2H3,(H,18,19). The first-order valence-electron chi connectivity index (χ1n) is 8.10.